The molecule has 3 aromatic carbocycles. The summed E-state index contributed by atoms with van der Waals surface area (Å²) in [5, 5.41) is 0. The van der Waals surface area contributed by atoms with Gasteiger partial charge in [0, 0.05) is 29.6 Å². The molecule has 2 aromatic heterocycles. The van der Waals surface area contributed by atoms with Crippen LogP contribution in [0.1, 0.15) is 10.4 Å². The molecule has 2 heterocycles. The lowest BCUT2D eigenvalue weighted by Gasteiger charge is -2.10. The van der Waals surface area contributed by atoms with Gasteiger partial charge in [-0.05, 0) is 72.8 Å². The Morgan fingerprint density at radius 1 is 0.611 bits per heavy atom. The number of ether oxygens (including phenoxy) is 1. The molecule has 0 atom stereocenters. The summed E-state index contributed by atoms with van der Waals surface area (Å²) in [6, 6.07) is 31.2. The van der Waals surface area contributed by atoms with Gasteiger partial charge in [-0.15, -0.1) is 0 Å². The Bertz CT molecular complexity index is 1460. The maximum Gasteiger partial charge on any atom is 0.343 e. The van der Waals surface area contributed by atoms with E-state index < -0.39 is 5.97 Å². The summed E-state index contributed by atoms with van der Waals surface area (Å²) in [4.78, 5) is 32.3. The lowest BCUT2D eigenvalue weighted by atomic mass is 9.96. The van der Waals surface area contributed by atoms with Crippen molar-refractivity contribution in [2.75, 3.05) is 0 Å². The van der Waals surface area contributed by atoms with Crippen LogP contribution in [0.2, 0.25) is 0 Å². The summed E-state index contributed by atoms with van der Waals surface area (Å²) in [7, 11) is 1.88. The van der Waals surface area contributed by atoms with Gasteiger partial charge >= 0.3 is 5.97 Å². The second kappa shape index (κ2) is 10.6. The molecule has 0 saturated carbocycles. The standard InChI is InChI=1S/C29H21BN2O4/c30-23-17-25(34-29(33)22-9-7-20(8-10-22)27-5-1-3-15-31-27)19-26(18-23)36-35-24-13-11-21(12-14-24)28-6-2-4-16-32-28/h1-19H,30H2. The summed E-state index contributed by atoms with van der Waals surface area (Å²) < 4.78 is 5.59. The maximum absolute atomic E-state index is 12.7. The van der Waals surface area contributed by atoms with Gasteiger partial charge in [0.25, 0.3) is 0 Å². The van der Waals surface area contributed by atoms with E-state index in [0.717, 1.165) is 28.0 Å². The summed E-state index contributed by atoms with van der Waals surface area (Å²) in [5.74, 6) is 0.836. The number of carbonyl (C=O) groups is 1. The van der Waals surface area contributed by atoms with Gasteiger partial charge in [-0.25, -0.2) is 4.79 Å². The summed E-state index contributed by atoms with van der Waals surface area (Å²) in [5.41, 5.74) is 4.90. The molecule has 5 aromatic rings. The molecule has 174 valence electrons. The Balaban J connectivity index is 1.23. The summed E-state index contributed by atoms with van der Waals surface area (Å²) >= 11 is 0. The van der Waals surface area contributed by atoms with Gasteiger partial charge in [-0.3, -0.25) is 19.7 Å². The smallest absolute Gasteiger partial charge is 0.343 e. The van der Waals surface area contributed by atoms with Crippen LogP contribution in [0.3, 0.4) is 0 Å². The number of hydrogen-bond acceptors (Lipinski definition) is 6. The second-order valence-electron chi connectivity index (χ2n) is 8.07. The Labute approximate surface area is 209 Å². The SMILES string of the molecule is Bc1cc(OOc2ccc(-c3ccccn3)cc2)cc(OC(=O)c2ccc(-c3ccccn3)cc2)c1. The van der Waals surface area contributed by atoms with E-state index in [1.54, 1.807) is 54.9 Å². The average Bonchev–Trinajstić information content (AvgIpc) is 2.93. The van der Waals surface area contributed by atoms with Crippen molar-refractivity contribution in [3.05, 3.63) is 121 Å². The molecule has 0 aliphatic carbocycles. The Morgan fingerprint density at radius 3 is 1.75 bits per heavy atom. The average molecular weight is 472 g/mol. The monoisotopic (exact) mass is 472 g/mol. The predicted octanol–water partition coefficient (Wildman–Crippen LogP) is 4.66. The van der Waals surface area contributed by atoms with E-state index in [0.29, 0.717) is 22.8 Å². The minimum atomic E-state index is -0.467. The molecular formula is C29H21BN2O4. The van der Waals surface area contributed by atoms with E-state index in [1.807, 2.05) is 68.5 Å². The number of benzene rings is 3. The van der Waals surface area contributed by atoms with Crippen LogP contribution >= 0.6 is 0 Å². The number of esters is 1. The van der Waals surface area contributed by atoms with E-state index >= 15 is 0 Å². The Kier molecular flexibility index (Phi) is 6.71. The first kappa shape index (κ1) is 22.9. The van der Waals surface area contributed by atoms with Crippen molar-refractivity contribution in [2.24, 2.45) is 0 Å². The Hall–Kier alpha value is -4.91. The topological polar surface area (TPSA) is 70.5 Å². The van der Waals surface area contributed by atoms with Crippen LogP contribution in [0.4, 0.5) is 0 Å². The van der Waals surface area contributed by atoms with Crippen molar-refractivity contribution in [3.63, 3.8) is 0 Å². The van der Waals surface area contributed by atoms with Gasteiger partial charge < -0.3 is 4.74 Å². The third kappa shape index (κ3) is 5.59. The molecule has 0 saturated heterocycles. The number of hydrogen-bond donors (Lipinski definition) is 0. The van der Waals surface area contributed by atoms with E-state index in [4.69, 9.17) is 14.5 Å². The van der Waals surface area contributed by atoms with E-state index in [1.165, 1.54) is 0 Å². The van der Waals surface area contributed by atoms with Crippen LogP contribution in [0, 0.1) is 0 Å². The lowest BCUT2D eigenvalue weighted by molar-refractivity contribution is -0.0999. The van der Waals surface area contributed by atoms with Crippen LogP contribution in [-0.2, 0) is 0 Å². The minimum Gasteiger partial charge on any atom is -0.423 e. The first-order chi connectivity index (χ1) is 17.6. The van der Waals surface area contributed by atoms with Gasteiger partial charge in [-0.1, -0.05) is 29.7 Å². The largest absolute Gasteiger partial charge is 0.423 e. The molecule has 36 heavy (non-hydrogen) atoms. The molecule has 0 aliphatic rings. The van der Waals surface area contributed by atoms with E-state index in [9.17, 15) is 4.79 Å². The zero-order chi connectivity index (χ0) is 24.7. The zero-order valence-electron chi connectivity index (χ0n) is 19.5. The van der Waals surface area contributed by atoms with Crippen molar-refractivity contribution in [2.45, 2.75) is 0 Å². The third-order valence-electron chi connectivity index (χ3n) is 5.37. The molecule has 0 unspecified atom stereocenters. The fourth-order valence-corrected chi connectivity index (χ4v) is 3.61. The van der Waals surface area contributed by atoms with Gasteiger partial charge in [0.2, 0.25) is 0 Å². The fraction of sp³-hybridized carbons (Fsp3) is 0. The van der Waals surface area contributed by atoms with Gasteiger partial charge in [0.1, 0.15) is 13.6 Å². The molecule has 0 spiro atoms. The van der Waals surface area contributed by atoms with Crippen LogP contribution < -0.4 is 20.0 Å². The molecule has 0 bridgehead atoms. The van der Waals surface area contributed by atoms with Crippen LogP contribution in [0.15, 0.2) is 116 Å². The highest BCUT2D eigenvalue weighted by Gasteiger charge is 2.11. The number of carbonyl (C=O) groups excluding carboxylic acids is 1. The van der Waals surface area contributed by atoms with Crippen molar-refractivity contribution >= 4 is 19.3 Å². The predicted molar refractivity (Wildman–Crippen MR) is 140 cm³/mol. The van der Waals surface area contributed by atoms with Crippen LogP contribution in [-0.4, -0.2) is 23.8 Å². The molecule has 0 fully saturated rings. The maximum atomic E-state index is 12.7. The van der Waals surface area contributed by atoms with Gasteiger partial charge in [-0.2, -0.15) is 0 Å². The van der Waals surface area contributed by atoms with Crippen molar-refractivity contribution in [1.29, 1.82) is 0 Å². The van der Waals surface area contributed by atoms with E-state index in [2.05, 4.69) is 9.97 Å². The number of nitrogens with zero attached hydrogens (tertiary/aromatic N) is 2. The lowest BCUT2D eigenvalue weighted by Crippen LogP contribution is -2.12. The highest BCUT2D eigenvalue weighted by atomic mass is 17.2. The molecule has 0 aliphatic heterocycles. The van der Waals surface area contributed by atoms with Crippen molar-refractivity contribution in [3.8, 4) is 39.8 Å². The zero-order valence-corrected chi connectivity index (χ0v) is 19.5. The quantitative estimate of drug-likeness (QED) is 0.113. The number of rotatable bonds is 7. The molecule has 6 nitrogen and oxygen atoms in total. The molecule has 0 amide bonds. The highest BCUT2D eigenvalue weighted by Crippen LogP contribution is 2.24. The molecule has 0 radical (unpaired) electrons. The van der Waals surface area contributed by atoms with Crippen LogP contribution in [0.25, 0.3) is 22.5 Å². The first-order valence-corrected chi connectivity index (χ1v) is 11.4. The third-order valence-corrected chi connectivity index (χ3v) is 5.37. The van der Waals surface area contributed by atoms with Crippen LogP contribution in [0.5, 0.6) is 17.2 Å². The van der Waals surface area contributed by atoms with E-state index in [-0.39, 0.29) is 0 Å². The summed E-state index contributed by atoms with van der Waals surface area (Å²) in [6.45, 7) is 0. The fourth-order valence-electron chi connectivity index (χ4n) is 3.61. The van der Waals surface area contributed by atoms with Gasteiger partial charge in [0.05, 0.1) is 17.0 Å². The highest BCUT2D eigenvalue weighted by molar-refractivity contribution is 6.32. The minimum absolute atomic E-state index is 0.359. The number of aromatic nitrogens is 2. The first-order valence-electron chi connectivity index (χ1n) is 11.4. The normalized spacial score (nSPS) is 10.4. The molecule has 0 N–H and O–H groups in total. The molecular weight excluding hydrogens is 451 g/mol. The number of pyridine rings is 2. The summed E-state index contributed by atoms with van der Waals surface area (Å²) in [6.07, 6.45) is 3.48. The van der Waals surface area contributed by atoms with Gasteiger partial charge in [0.15, 0.2) is 11.5 Å². The van der Waals surface area contributed by atoms with Crippen molar-refractivity contribution < 1.29 is 19.3 Å². The second-order valence-corrected chi connectivity index (χ2v) is 8.07. The molecule has 5 rings (SSSR count). The Morgan fingerprint density at radius 2 is 1.17 bits per heavy atom. The molecule has 7 heteroatoms. The van der Waals surface area contributed by atoms with Crippen molar-refractivity contribution in [1.82, 2.24) is 9.97 Å².